The molecule has 0 heterocycles. The first kappa shape index (κ1) is 19.3. The molecule has 0 atom stereocenters. The number of sulfonamides is 1. The zero-order chi connectivity index (χ0) is 18.6. The fourth-order valence-corrected chi connectivity index (χ4v) is 3.37. The Morgan fingerprint density at radius 1 is 0.960 bits per heavy atom. The van der Waals surface area contributed by atoms with Gasteiger partial charge in [0.1, 0.15) is 12.4 Å². The maximum atomic E-state index is 12.0. The Balaban J connectivity index is 1.95. The van der Waals surface area contributed by atoms with Crippen molar-refractivity contribution in [2.24, 2.45) is 0 Å². The van der Waals surface area contributed by atoms with E-state index in [2.05, 4.69) is 36.9 Å². The van der Waals surface area contributed by atoms with E-state index in [4.69, 9.17) is 4.74 Å². The summed E-state index contributed by atoms with van der Waals surface area (Å²) in [4.78, 5) is 2.42. The minimum Gasteiger partial charge on any atom is -0.492 e. The van der Waals surface area contributed by atoms with Gasteiger partial charge in [0.25, 0.3) is 0 Å². The third-order valence-electron chi connectivity index (χ3n) is 4.07. The van der Waals surface area contributed by atoms with E-state index in [9.17, 15) is 8.42 Å². The van der Waals surface area contributed by atoms with E-state index in [0.717, 1.165) is 6.54 Å². The van der Waals surface area contributed by atoms with Crippen molar-refractivity contribution in [3.05, 3.63) is 53.6 Å². The normalized spacial score (nSPS) is 11.6. The van der Waals surface area contributed by atoms with Crippen LogP contribution in [-0.4, -0.2) is 47.0 Å². The molecule has 25 heavy (non-hydrogen) atoms. The molecule has 0 unspecified atom stereocenters. The van der Waals surface area contributed by atoms with Gasteiger partial charge in [-0.15, -0.1) is 0 Å². The molecule has 0 saturated heterocycles. The van der Waals surface area contributed by atoms with Crippen LogP contribution in [0.15, 0.2) is 47.4 Å². The van der Waals surface area contributed by atoms with E-state index in [1.54, 1.807) is 24.3 Å². The number of anilines is 1. The van der Waals surface area contributed by atoms with Gasteiger partial charge in [0.05, 0.1) is 11.4 Å². The van der Waals surface area contributed by atoms with Gasteiger partial charge in [-0.25, -0.2) is 12.7 Å². The van der Waals surface area contributed by atoms with Crippen molar-refractivity contribution in [1.82, 2.24) is 4.31 Å². The van der Waals surface area contributed by atoms with Crippen molar-refractivity contribution in [1.29, 1.82) is 0 Å². The molecule has 0 aliphatic carbocycles. The second-order valence-corrected chi connectivity index (χ2v) is 8.47. The first-order chi connectivity index (χ1) is 11.7. The lowest BCUT2D eigenvalue weighted by Crippen LogP contribution is -2.24. The third kappa shape index (κ3) is 4.74. The first-order valence-corrected chi connectivity index (χ1v) is 9.59. The van der Waals surface area contributed by atoms with Crippen molar-refractivity contribution < 1.29 is 13.2 Å². The lowest BCUT2D eigenvalue weighted by molar-refractivity contribution is 0.325. The lowest BCUT2D eigenvalue weighted by Gasteiger charge is -2.22. The molecular formula is C19H26N2O3S. The minimum absolute atomic E-state index is 0.261. The minimum atomic E-state index is -3.40. The van der Waals surface area contributed by atoms with Crippen molar-refractivity contribution in [3.63, 3.8) is 0 Å². The molecular weight excluding hydrogens is 336 g/mol. The molecule has 2 aromatic carbocycles. The molecule has 0 saturated carbocycles. The predicted octanol–water partition coefficient (Wildman–Crippen LogP) is 3.07. The first-order valence-electron chi connectivity index (χ1n) is 8.15. The highest BCUT2D eigenvalue weighted by Gasteiger charge is 2.16. The summed E-state index contributed by atoms with van der Waals surface area (Å²) in [6, 6.07) is 12.9. The number of nitrogens with zero attached hydrogens (tertiary/aromatic N) is 2. The highest BCUT2D eigenvalue weighted by Crippen LogP contribution is 2.21. The zero-order valence-corrected chi connectivity index (χ0v) is 16.3. The van der Waals surface area contributed by atoms with E-state index in [-0.39, 0.29) is 4.90 Å². The van der Waals surface area contributed by atoms with Crippen LogP contribution in [0.3, 0.4) is 0 Å². The van der Waals surface area contributed by atoms with E-state index in [0.29, 0.717) is 12.4 Å². The molecule has 0 bridgehead atoms. The van der Waals surface area contributed by atoms with Crippen molar-refractivity contribution in [3.8, 4) is 5.75 Å². The molecule has 2 aromatic rings. The fourth-order valence-electron chi connectivity index (χ4n) is 2.47. The van der Waals surface area contributed by atoms with Crippen molar-refractivity contribution >= 4 is 15.7 Å². The van der Waals surface area contributed by atoms with Crippen LogP contribution in [0.1, 0.15) is 11.1 Å². The van der Waals surface area contributed by atoms with Gasteiger partial charge in [-0.2, -0.15) is 0 Å². The van der Waals surface area contributed by atoms with Crippen molar-refractivity contribution in [2.75, 3.05) is 39.2 Å². The smallest absolute Gasteiger partial charge is 0.242 e. The van der Waals surface area contributed by atoms with Gasteiger partial charge in [0.15, 0.2) is 0 Å². The molecule has 0 amide bonds. The molecule has 2 rings (SSSR count). The number of hydrogen-bond acceptors (Lipinski definition) is 4. The van der Waals surface area contributed by atoms with Crippen LogP contribution in [0.2, 0.25) is 0 Å². The van der Waals surface area contributed by atoms with Crippen LogP contribution in [-0.2, 0) is 10.0 Å². The van der Waals surface area contributed by atoms with Gasteiger partial charge in [-0.3, -0.25) is 0 Å². The summed E-state index contributed by atoms with van der Waals surface area (Å²) in [6.45, 7) is 5.43. The molecule has 0 N–H and O–H groups in total. The average Bonchev–Trinajstić information content (AvgIpc) is 2.57. The molecule has 0 radical (unpaired) electrons. The summed E-state index contributed by atoms with van der Waals surface area (Å²) in [5.74, 6) is 0.659. The molecule has 0 spiro atoms. The van der Waals surface area contributed by atoms with Gasteiger partial charge in [0, 0.05) is 26.8 Å². The Morgan fingerprint density at radius 2 is 1.60 bits per heavy atom. The predicted molar refractivity (Wildman–Crippen MR) is 102 cm³/mol. The Labute approximate surface area is 150 Å². The summed E-state index contributed by atoms with van der Waals surface area (Å²) < 4.78 is 31.0. The largest absolute Gasteiger partial charge is 0.492 e. The topological polar surface area (TPSA) is 49.9 Å². The highest BCUT2D eigenvalue weighted by molar-refractivity contribution is 7.89. The monoisotopic (exact) mass is 362 g/mol. The van der Waals surface area contributed by atoms with Crippen LogP contribution in [0.25, 0.3) is 0 Å². The Hall–Kier alpha value is -2.05. The van der Waals surface area contributed by atoms with Crippen LogP contribution in [0.5, 0.6) is 5.75 Å². The Bertz CT molecular complexity index is 815. The Morgan fingerprint density at radius 3 is 2.20 bits per heavy atom. The Kier molecular flexibility index (Phi) is 6.08. The van der Waals surface area contributed by atoms with E-state index in [1.807, 2.05) is 7.05 Å². The quantitative estimate of drug-likeness (QED) is 0.760. The summed E-state index contributed by atoms with van der Waals surface area (Å²) in [5.41, 5.74) is 3.65. The lowest BCUT2D eigenvalue weighted by atomic mass is 10.1. The maximum absolute atomic E-state index is 12.0. The van der Waals surface area contributed by atoms with Gasteiger partial charge < -0.3 is 9.64 Å². The number of rotatable bonds is 7. The van der Waals surface area contributed by atoms with Gasteiger partial charge in [0.2, 0.25) is 10.0 Å². The standard InChI is InChI=1S/C19H26N2O3S/c1-15-6-7-16(2)19(14-15)21(5)12-13-24-17-8-10-18(11-9-17)25(22,23)20(3)4/h6-11,14H,12-13H2,1-5H3. The van der Waals surface area contributed by atoms with Gasteiger partial charge in [-0.1, -0.05) is 12.1 Å². The second kappa shape index (κ2) is 7.89. The average molecular weight is 362 g/mol. The molecule has 0 fully saturated rings. The molecule has 6 heteroatoms. The summed E-state index contributed by atoms with van der Waals surface area (Å²) in [6.07, 6.45) is 0. The van der Waals surface area contributed by atoms with Crippen LogP contribution in [0, 0.1) is 13.8 Å². The van der Waals surface area contributed by atoms with Crippen LogP contribution < -0.4 is 9.64 Å². The SMILES string of the molecule is Cc1ccc(C)c(N(C)CCOc2ccc(S(=O)(=O)N(C)C)cc2)c1. The summed E-state index contributed by atoms with van der Waals surface area (Å²) >= 11 is 0. The summed E-state index contributed by atoms with van der Waals surface area (Å²) in [5, 5.41) is 0. The number of aryl methyl sites for hydroxylation is 2. The molecule has 0 aliphatic heterocycles. The molecule has 5 nitrogen and oxygen atoms in total. The van der Waals surface area contributed by atoms with Gasteiger partial charge >= 0.3 is 0 Å². The van der Waals surface area contributed by atoms with Crippen LogP contribution in [0.4, 0.5) is 5.69 Å². The number of benzene rings is 2. The number of ether oxygens (including phenoxy) is 1. The zero-order valence-electron chi connectivity index (χ0n) is 15.5. The van der Waals surface area contributed by atoms with E-state index >= 15 is 0 Å². The number of likely N-dealkylation sites (N-methyl/N-ethyl adjacent to an activating group) is 1. The molecule has 0 aliphatic rings. The fraction of sp³-hybridized carbons (Fsp3) is 0.368. The van der Waals surface area contributed by atoms with E-state index < -0.39 is 10.0 Å². The highest BCUT2D eigenvalue weighted by atomic mass is 32.2. The van der Waals surface area contributed by atoms with Crippen LogP contribution >= 0.6 is 0 Å². The number of hydrogen-bond donors (Lipinski definition) is 0. The maximum Gasteiger partial charge on any atom is 0.242 e. The van der Waals surface area contributed by atoms with Gasteiger partial charge in [-0.05, 0) is 55.3 Å². The van der Waals surface area contributed by atoms with Crippen molar-refractivity contribution in [2.45, 2.75) is 18.7 Å². The second-order valence-electron chi connectivity index (χ2n) is 6.32. The molecule has 136 valence electrons. The summed E-state index contributed by atoms with van der Waals surface area (Å²) in [7, 11) is 1.67. The van der Waals surface area contributed by atoms with E-state index in [1.165, 1.54) is 35.2 Å². The third-order valence-corrected chi connectivity index (χ3v) is 5.90. The molecule has 0 aromatic heterocycles.